The average Bonchev–Trinajstić information content (AvgIpc) is 3.18. The molecule has 0 aliphatic rings. The number of carbonyl (C=O) groups is 2. The lowest BCUT2D eigenvalue weighted by molar-refractivity contribution is -0.115. The third-order valence-corrected chi connectivity index (χ3v) is 4.90. The third kappa shape index (κ3) is 5.79. The molecule has 0 unspecified atom stereocenters. The zero-order valence-corrected chi connectivity index (χ0v) is 17.0. The van der Waals surface area contributed by atoms with E-state index in [1.165, 1.54) is 11.3 Å². The summed E-state index contributed by atoms with van der Waals surface area (Å²) in [5, 5.41) is 10.7. The number of nitrogens with zero attached hydrogens (tertiary/aromatic N) is 1. The summed E-state index contributed by atoms with van der Waals surface area (Å²) in [6, 6.07) is 14.4. The van der Waals surface area contributed by atoms with E-state index in [0.29, 0.717) is 23.7 Å². The van der Waals surface area contributed by atoms with Gasteiger partial charge in [0.25, 0.3) is 0 Å². The van der Waals surface area contributed by atoms with Crippen LogP contribution in [0.4, 0.5) is 16.2 Å². The number of aromatic nitrogens is 1. The third-order valence-electron chi connectivity index (χ3n) is 3.96. The van der Waals surface area contributed by atoms with Crippen molar-refractivity contribution in [3.63, 3.8) is 0 Å². The van der Waals surface area contributed by atoms with Crippen LogP contribution in [-0.2, 0) is 11.2 Å². The van der Waals surface area contributed by atoms with Crippen LogP contribution in [0.3, 0.4) is 0 Å². The van der Waals surface area contributed by atoms with E-state index < -0.39 is 0 Å². The zero-order valence-electron chi connectivity index (χ0n) is 16.2. The van der Waals surface area contributed by atoms with E-state index in [2.05, 4.69) is 20.9 Å². The van der Waals surface area contributed by atoms with Crippen LogP contribution >= 0.6 is 11.3 Å². The van der Waals surface area contributed by atoms with Gasteiger partial charge in [-0.3, -0.25) is 4.79 Å². The van der Waals surface area contributed by atoms with Crippen molar-refractivity contribution < 1.29 is 14.3 Å². The SMILES string of the molecule is CCOc1ccc(-c2nc(CC(=O)Nc3ccc(NC(=O)NC)cc3)cs2)cc1. The molecule has 3 rings (SSSR count). The second kappa shape index (κ2) is 9.70. The van der Waals surface area contributed by atoms with Gasteiger partial charge in [-0.25, -0.2) is 9.78 Å². The molecular formula is C21H22N4O3S. The lowest BCUT2D eigenvalue weighted by Crippen LogP contribution is -2.24. The molecule has 29 heavy (non-hydrogen) atoms. The largest absolute Gasteiger partial charge is 0.494 e. The van der Waals surface area contributed by atoms with Crippen LogP contribution in [0, 0.1) is 0 Å². The summed E-state index contributed by atoms with van der Waals surface area (Å²) >= 11 is 1.50. The predicted octanol–water partition coefficient (Wildman–Crippen LogP) is 4.14. The van der Waals surface area contributed by atoms with E-state index in [4.69, 9.17) is 4.74 Å². The second-order valence-electron chi connectivity index (χ2n) is 6.11. The van der Waals surface area contributed by atoms with Gasteiger partial charge in [0.2, 0.25) is 5.91 Å². The molecule has 0 radical (unpaired) electrons. The van der Waals surface area contributed by atoms with Crippen LogP contribution < -0.4 is 20.7 Å². The van der Waals surface area contributed by atoms with Crippen molar-refractivity contribution >= 4 is 34.6 Å². The Hall–Kier alpha value is -3.39. The minimum atomic E-state index is -0.298. The molecule has 1 heterocycles. The number of thiazole rings is 1. The van der Waals surface area contributed by atoms with E-state index in [0.717, 1.165) is 16.3 Å². The number of ether oxygens (including phenoxy) is 1. The minimum absolute atomic E-state index is 0.152. The maximum Gasteiger partial charge on any atom is 0.318 e. The van der Waals surface area contributed by atoms with E-state index in [1.807, 2.05) is 36.6 Å². The highest BCUT2D eigenvalue weighted by atomic mass is 32.1. The Bertz CT molecular complexity index is 968. The van der Waals surface area contributed by atoms with Gasteiger partial charge in [0.05, 0.1) is 18.7 Å². The first kappa shape index (κ1) is 20.3. The van der Waals surface area contributed by atoms with Gasteiger partial charge in [-0.2, -0.15) is 0 Å². The molecule has 3 N–H and O–H groups in total. The number of carbonyl (C=O) groups excluding carboxylic acids is 2. The molecule has 0 aliphatic heterocycles. The minimum Gasteiger partial charge on any atom is -0.494 e. The van der Waals surface area contributed by atoms with Crippen LogP contribution in [0.1, 0.15) is 12.6 Å². The van der Waals surface area contributed by atoms with Gasteiger partial charge in [0.1, 0.15) is 10.8 Å². The fraction of sp³-hybridized carbons (Fsp3) is 0.190. The van der Waals surface area contributed by atoms with E-state index in [9.17, 15) is 9.59 Å². The second-order valence-corrected chi connectivity index (χ2v) is 6.97. The van der Waals surface area contributed by atoms with Crippen molar-refractivity contribution in [3.8, 4) is 16.3 Å². The van der Waals surface area contributed by atoms with Crippen molar-refractivity contribution in [2.75, 3.05) is 24.3 Å². The Morgan fingerprint density at radius 2 is 1.66 bits per heavy atom. The van der Waals surface area contributed by atoms with E-state index >= 15 is 0 Å². The fourth-order valence-electron chi connectivity index (χ4n) is 2.58. The topological polar surface area (TPSA) is 92.3 Å². The fourth-order valence-corrected chi connectivity index (χ4v) is 3.41. The molecule has 0 aliphatic carbocycles. The molecule has 0 bridgehead atoms. The van der Waals surface area contributed by atoms with Crippen LogP contribution in [0.5, 0.6) is 5.75 Å². The molecule has 1 aromatic heterocycles. The number of hydrogen-bond acceptors (Lipinski definition) is 5. The maximum absolute atomic E-state index is 12.3. The summed E-state index contributed by atoms with van der Waals surface area (Å²) in [4.78, 5) is 28.2. The predicted molar refractivity (Wildman–Crippen MR) is 116 cm³/mol. The number of anilines is 2. The molecule has 0 atom stereocenters. The molecule has 150 valence electrons. The quantitative estimate of drug-likeness (QED) is 0.546. The van der Waals surface area contributed by atoms with Gasteiger partial charge in [-0.15, -0.1) is 11.3 Å². The highest BCUT2D eigenvalue weighted by Gasteiger charge is 2.10. The molecule has 2 aromatic carbocycles. The highest BCUT2D eigenvalue weighted by Crippen LogP contribution is 2.26. The molecule has 8 heteroatoms. The van der Waals surface area contributed by atoms with Crippen molar-refractivity contribution in [1.29, 1.82) is 0 Å². The Balaban J connectivity index is 1.56. The first-order chi connectivity index (χ1) is 14.1. The van der Waals surface area contributed by atoms with Crippen molar-refractivity contribution in [2.45, 2.75) is 13.3 Å². The molecule has 0 saturated heterocycles. The summed E-state index contributed by atoms with van der Waals surface area (Å²) in [7, 11) is 1.55. The monoisotopic (exact) mass is 410 g/mol. The molecule has 0 saturated carbocycles. The zero-order chi connectivity index (χ0) is 20.6. The summed E-state index contributed by atoms with van der Waals surface area (Å²) in [5.41, 5.74) is 3.00. The highest BCUT2D eigenvalue weighted by molar-refractivity contribution is 7.13. The van der Waals surface area contributed by atoms with E-state index in [1.54, 1.807) is 31.3 Å². The van der Waals surface area contributed by atoms with Gasteiger partial charge in [-0.1, -0.05) is 0 Å². The summed E-state index contributed by atoms with van der Waals surface area (Å²) in [5.74, 6) is 0.671. The van der Waals surface area contributed by atoms with Crippen LogP contribution in [0.2, 0.25) is 0 Å². The van der Waals surface area contributed by atoms with Crippen molar-refractivity contribution in [3.05, 3.63) is 59.6 Å². The van der Waals surface area contributed by atoms with Crippen molar-refractivity contribution in [1.82, 2.24) is 10.3 Å². The van der Waals surface area contributed by atoms with Gasteiger partial charge < -0.3 is 20.7 Å². The molecule has 0 fully saturated rings. The first-order valence-electron chi connectivity index (χ1n) is 9.13. The number of benzene rings is 2. The van der Waals surface area contributed by atoms with Gasteiger partial charge in [0, 0.05) is 29.4 Å². The van der Waals surface area contributed by atoms with Gasteiger partial charge in [-0.05, 0) is 55.5 Å². The molecule has 7 nitrogen and oxygen atoms in total. The average molecular weight is 410 g/mol. The number of rotatable bonds is 7. The lowest BCUT2D eigenvalue weighted by atomic mass is 10.2. The van der Waals surface area contributed by atoms with Crippen molar-refractivity contribution in [2.24, 2.45) is 0 Å². The normalized spacial score (nSPS) is 10.3. The smallest absolute Gasteiger partial charge is 0.318 e. The molecule has 0 spiro atoms. The summed E-state index contributed by atoms with van der Waals surface area (Å²) in [6.45, 7) is 2.57. The molecule has 3 amide bonds. The molecular weight excluding hydrogens is 388 g/mol. The number of urea groups is 1. The number of amides is 3. The first-order valence-corrected chi connectivity index (χ1v) is 10.0. The maximum atomic E-state index is 12.3. The Kier molecular flexibility index (Phi) is 6.80. The Labute approximate surface area is 173 Å². The summed E-state index contributed by atoms with van der Waals surface area (Å²) in [6.07, 6.45) is 0.186. The number of hydrogen-bond donors (Lipinski definition) is 3. The van der Waals surface area contributed by atoms with Crippen LogP contribution in [0.25, 0.3) is 10.6 Å². The van der Waals surface area contributed by atoms with Gasteiger partial charge >= 0.3 is 6.03 Å². The van der Waals surface area contributed by atoms with Gasteiger partial charge in [0.15, 0.2) is 0 Å². The van der Waals surface area contributed by atoms with Crippen LogP contribution in [0.15, 0.2) is 53.9 Å². The molecule has 3 aromatic rings. The standard InChI is InChI=1S/C21H22N4O3S/c1-3-28-18-10-4-14(5-11-18)20-24-17(13-29-20)12-19(26)23-15-6-8-16(9-7-15)25-21(27)22-2/h4-11,13H,3,12H2,1-2H3,(H,23,26)(H2,22,25,27). The Morgan fingerprint density at radius 1 is 1.00 bits per heavy atom. The van der Waals surface area contributed by atoms with E-state index in [-0.39, 0.29) is 18.4 Å². The Morgan fingerprint density at radius 3 is 2.28 bits per heavy atom. The number of nitrogens with one attached hydrogen (secondary N) is 3. The summed E-state index contributed by atoms with van der Waals surface area (Å²) < 4.78 is 5.45. The lowest BCUT2D eigenvalue weighted by Gasteiger charge is -2.07. The van der Waals surface area contributed by atoms with Crippen LogP contribution in [-0.4, -0.2) is 30.6 Å².